The zero-order chi connectivity index (χ0) is 10.6. The Morgan fingerprint density at radius 1 is 1.57 bits per heavy atom. The Hall–Kier alpha value is -1.03. The number of rotatable bonds is 3. The molecular weight excluding hydrogens is 198 g/mol. The summed E-state index contributed by atoms with van der Waals surface area (Å²) in [4.78, 5) is 11.1. The van der Waals surface area contributed by atoms with Crippen LogP contribution in [0.25, 0.3) is 0 Å². The molecule has 1 amide bonds. The van der Waals surface area contributed by atoms with Crippen molar-refractivity contribution in [2.24, 2.45) is 5.92 Å². The van der Waals surface area contributed by atoms with E-state index in [4.69, 9.17) is 0 Å². The fourth-order valence-electron chi connectivity index (χ4n) is 1.27. The van der Waals surface area contributed by atoms with Crippen molar-refractivity contribution in [2.75, 3.05) is 7.11 Å². The molecule has 0 saturated heterocycles. The molecule has 14 heavy (non-hydrogen) atoms. The molecule has 78 valence electrons. The van der Waals surface area contributed by atoms with Gasteiger partial charge in [-0.05, 0) is 28.3 Å². The van der Waals surface area contributed by atoms with Gasteiger partial charge in [0, 0.05) is 0 Å². The van der Waals surface area contributed by atoms with Crippen molar-refractivity contribution in [3.05, 3.63) is 22.4 Å². The van der Waals surface area contributed by atoms with Gasteiger partial charge in [-0.25, -0.2) is 4.79 Å². The topological polar surface area (TPSA) is 38.3 Å². The number of nitrogens with one attached hydrogen (secondary N) is 1. The van der Waals surface area contributed by atoms with Crippen molar-refractivity contribution in [3.8, 4) is 0 Å². The van der Waals surface area contributed by atoms with Gasteiger partial charge in [0.05, 0.1) is 13.2 Å². The molecule has 1 heterocycles. The molecule has 1 N–H and O–H groups in total. The number of methoxy groups -OCH3 is 1. The number of hydrogen-bond acceptors (Lipinski definition) is 3. The van der Waals surface area contributed by atoms with Crippen molar-refractivity contribution in [1.82, 2.24) is 5.32 Å². The summed E-state index contributed by atoms with van der Waals surface area (Å²) >= 11 is 1.63. The van der Waals surface area contributed by atoms with Crippen molar-refractivity contribution in [2.45, 2.75) is 19.9 Å². The van der Waals surface area contributed by atoms with Crippen molar-refractivity contribution >= 4 is 17.4 Å². The molecule has 1 rings (SSSR count). The minimum Gasteiger partial charge on any atom is -0.453 e. The van der Waals surface area contributed by atoms with Crippen molar-refractivity contribution in [3.63, 3.8) is 0 Å². The summed E-state index contributed by atoms with van der Waals surface area (Å²) in [6.07, 6.45) is -0.380. The van der Waals surface area contributed by atoms with E-state index in [0.29, 0.717) is 5.92 Å². The Morgan fingerprint density at radius 2 is 2.29 bits per heavy atom. The molecule has 0 aliphatic heterocycles. The molecule has 1 aromatic heterocycles. The van der Waals surface area contributed by atoms with Crippen LogP contribution in [0, 0.1) is 5.92 Å². The van der Waals surface area contributed by atoms with Crippen LogP contribution in [-0.2, 0) is 4.74 Å². The van der Waals surface area contributed by atoms with Gasteiger partial charge in [-0.3, -0.25) is 0 Å². The van der Waals surface area contributed by atoms with Crippen LogP contribution in [0.5, 0.6) is 0 Å². The van der Waals surface area contributed by atoms with Gasteiger partial charge in [-0.1, -0.05) is 13.8 Å². The second-order valence-corrected chi connectivity index (χ2v) is 4.19. The first kappa shape index (κ1) is 11.0. The summed E-state index contributed by atoms with van der Waals surface area (Å²) in [7, 11) is 1.38. The molecular formula is C10H15NO2S. The zero-order valence-corrected chi connectivity index (χ0v) is 9.43. The highest BCUT2D eigenvalue weighted by Gasteiger charge is 2.18. The van der Waals surface area contributed by atoms with Gasteiger partial charge in [0.1, 0.15) is 0 Å². The first-order valence-corrected chi connectivity index (χ1v) is 5.46. The SMILES string of the molecule is COC(=O)N[C@H](c1ccsc1)C(C)C. The van der Waals surface area contributed by atoms with E-state index >= 15 is 0 Å². The predicted octanol–water partition coefficient (Wildman–Crippen LogP) is 2.80. The van der Waals surface area contributed by atoms with E-state index in [1.165, 1.54) is 7.11 Å². The molecule has 0 unspecified atom stereocenters. The van der Waals surface area contributed by atoms with E-state index in [0.717, 1.165) is 5.56 Å². The highest BCUT2D eigenvalue weighted by Crippen LogP contribution is 2.23. The minimum atomic E-state index is -0.380. The van der Waals surface area contributed by atoms with Crippen molar-refractivity contribution < 1.29 is 9.53 Å². The highest BCUT2D eigenvalue weighted by molar-refractivity contribution is 7.07. The van der Waals surface area contributed by atoms with Crippen LogP contribution in [0.3, 0.4) is 0 Å². The summed E-state index contributed by atoms with van der Waals surface area (Å²) in [5.41, 5.74) is 1.13. The molecule has 0 aliphatic carbocycles. The summed E-state index contributed by atoms with van der Waals surface area (Å²) in [5.74, 6) is 0.351. The molecule has 0 spiro atoms. The zero-order valence-electron chi connectivity index (χ0n) is 8.61. The number of hydrogen-bond donors (Lipinski definition) is 1. The molecule has 0 saturated carbocycles. The standard InChI is InChI=1S/C10H15NO2S/c1-7(2)9(11-10(12)13-3)8-4-5-14-6-8/h4-7,9H,1-3H3,(H,11,12)/t9-/m0/s1. The van der Waals surface area contributed by atoms with Gasteiger partial charge in [0.25, 0.3) is 0 Å². The Labute approximate surface area is 88.1 Å². The fraction of sp³-hybridized carbons (Fsp3) is 0.500. The second kappa shape index (κ2) is 5.00. The second-order valence-electron chi connectivity index (χ2n) is 3.41. The first-order valence-electron chi connectivity index (χ1n) is 4.51. The van der Waals surface area contributed by atoms with Crippen LogP contribution in [0.1, 0.15) is 25.5 Å². The van der Waals surface area contributed by atoms with Crippen LogP contribution in [0.4, 0.5) is 4.79 Å². The minimum absolute atomic E-state index is 0.0358. The lowest BCUT2D eigenvalue weighted by atomic mass is 9.99. The summed E-state index contributed by atoms with van der Waals surface area (Å²) < 4.78 is 4.58. The van der Waals surface area contributed by atoms with Crippen LogP contribution in [0.2, 0.25) is 0 Å². The molecule has 3 nitrogen and oxygen atoms in total. The number of thiophene rings is 1. The lowest BCUT2D eigenvalue weighted by Crippen LogP contribution is -2.31. The quantitative estimate of drug-likeness (QED) is 0.838. The van der Waals surface area contributed by atoms with Gasteiger partial charge < -0.3 is 10.1 Å². The highest BCUT2D eigenvalue weighted by atomic mass is 32.1. The van der Waals surface area contributed by atoms with Crippen LogP contribution >= 0.6 is 11.3 Å². The Balaban J connectivity index is 2.70. The molecule has 0 aromatic carbocycles. The third-order valence-corrected chi connectivity index (χ3v) is 2.73. The van der Waals surface area contributed by atoms with E-state index in [1.54, 1.807) is 11.3 Å². The van der Waals surface area contributed by atoms with Gasteiger partial charge >= 0.3 is 6.09 Å². The number of alkyl carbamates (subject to hydrolysis) is 1. The Bertz CT molecular complexity index is 282. The van der Waals surface area contributed by atoms with Gasteiger partial charge in [-0.2, -0.15) is 11.3 Å². The van der Waals surface area contributed by atoms with Gasteiger partial charge in [0.15, 0.2) is 0 Å². The third-order valence-electron chi connectivity index (χ3n) is 2.03. The normalized spacial score (nSPS) is 12.6. The Morgan fingerprint density at radius 3 is 2.71 bits per heavy atom. The third kappa shape index (κ3) is 2.73. The average Bonchev–Trinajstić information content (AvgIpc) is 2.65. The maximum absolute atomic E-state index is 11.1. The van der Waals surface area contributed by atoms with E-state index in [9.17, 15) is 4.79 Å². The van der Waals surface area contributed by atoms with Gasteiger partial charge in [0.2, 0.25) is 0 Å². The van der Waals surface area contributed by atoms with E-state index < -0.39 is 0 Å². The molecule has 0 fully saturated rings. The molecule has 0 bridgehead atoms. The van der Waals surface area contributed by atoms with Crippen LogP contribution < -0.4 is 5.32 Å². The van der Waals surface area contributed by atoms with Crippen molar-refractivity contribution in [1.29, 1.82) is 0 Å². The van der Waals surface area contributed by atoms with E-state index in [1.807, 2.05) is 16.8 Å². The van der Waals surface area contributed by atoms with Crippen LogP contribution in [0.15, 0.2) is 16.8 Å². The molecule has 0 radical (unpaired) electrons. The Kier molecular flexibility index (Phi) is 3.95. The van der Waals surface area contributed by atoms with E-state index in [-0.39, 0.29) is 12.1 Å². The monoisotopic (exact) mass is 213 g/mol. The van der Waals surface area contributed by atoms with Crippen LogP contribution in [-0.4, -0.2) is 13.2 Å². The van der Waals surface area contributed by atoms with Gasteiger partial charge in [-0.15, -0.1) is 0 Å². The molecule has 4 heteroatoms. The fourth-order valence-corrected chi connectivity index (χ4v) is 1.97. The number of amides is 1. The molecule has 1 aromatic rings. The van der Waals surface area contributed by atoms with E-state index in [2.05, 4.69) is 23.9 Å². The maximum Gasteiger partial charge on any atom is 0.407 e. The molecule has 1 atom stereocenters. The number of carbonyl (C=O) groups excluding carboxylic acids is 1. The number of ether oxygens (including phenoxy) is 1. The lowest BCUT2D eigenvalue weighted by Gasteiger charge is -2.20. The first-order chi connectivity index (χ1) is 6.65. The largest absolute Gasteiger partial charge is 0.453 e. The summed E-state index contributed by atoms with van der Waals surface area (Å²) in [6, 6.07) is 2.05. The smallest absolute Gasteiger partial charge is 0.407 e. The summed E-state index contributed by atoms with van der Waals surface area (Å²) in [6.45, 7) is 4.14. The lowest BCUT2D eigenvalue weighted by molar-refractivity contribution is 0.163. The predicted molar refractivity (Wildman–Crippen MR) is 57.4 cm³/mol. The number of carbonyl (C=O) groups is 1. The average molecular weight is 213 g/mol. The maximum atomic E-state index is 11.1. The molecule has 0 aliphatic rings. The summed E-state index contributed by atoms with van der Waals surface area (Å²) in [5, 5.41) is 6.86.